The molecule has 4 aliphatic rings. The number of aromatic nitrogens is 4. The molecular formula is C23H40N6O12P2. The third kappa shape index (κ3) is 7.28. The summed E-state index contributed by atoms with van der Waals surface area (Å²) in [4.78, 5) is 34.6. The summed E-state index contributed by atoms with van der Waals surface area (Å²) >= 11 is 0. The van der Waals surface area contributed by atoms with Gasteiger partial charge < -0.3 is 54.3 Å². The van der Waals surface area contributed by atoms with E-state index >= 15 is 0 Å². The van der Waals surface area contributed by atoms with Crippen LogP contribution in [0.15, 0.2) is 12.7 Å². The number of nitrogens with zero attached hydrogens (tertiary/aromatic N) is 4. The van der Waals surface area contributed by atoms with Crippen LogP contribution in [0.5, 0.6) is 0 Å². The van der Waals surface area contributed by atoms with E-state index in [1.807, 2.05) is 0 Å². The van der Waals surface area contributed by atoms with E-state index in [4.69, 9.17) is 19.7 Å². The van der Waals surface area contributed by atoms with Gasteiger partial charge >= 0.3 is 0 Å². The normalized spacial score (nSPS) is 38.3. The summed E-state index contributed by atoms with van der Waals surface area (Å²) in [5.74, 6) is -0.597. The molecule has 2 aromatic heterocycles. The number of rotatable bonds is 4. The minimum absolute atomic E-state index is 0.110. The number of anilines is 1. The standard InChI is InChI=1S/C17H25N5O12P2.C6H15N/c1-30-14-7-2-8(11(14)23)21-6-20-16-10(15(21)18)19-5-22(16)17-13(25)12(24)9(33-17)4-32-36(28,29)34-35(26,27)31-3-7;1-4-7(5-2)6-3/h5-9,11-14,17-18,23-25H,2-4H2,1H3,(H2,26,27,28,29);4-6H2,1-3H3/t7-,8-,9-,11+,12-,13-,14+,17-;/m1./s1. The number of nitrogen functional groups attached to an aromatic ring is 1. The van der Waals surface area contributed by atoms with Crippen molar-refractivity contribution < 1.29 is 66.5 Å². The van der Waals surface area contributed by atoms with Crippen LogP contribution < -0.4 is 25.0 Å². The zero-order valence-corrected chi connectivity index (χ0v) is 26.1. The monoisotopic (exact) mass is 654 g/mol. The molecule has 1 saturated carbocycles. The Kier molecular flexibility index (Phi) is 11.0. The molecule has 0 radical (unpaired) electrons. The molecule has 1 aliphatic carbocycles. The quantitative estimate of drug-likeness (QED) is 0.161. The summed E-state index contributed by atoms with van der Waals surface area (Å²) in [5.41, 5.74) is 6.72. The Hall–Kier alpha value is -1.63. The van der Waals surface area contributed by atoms with Gasteiger partial charge in [0, 0.05) is 13.0 Å². The van der Waals surface area contributed by atoms with Crippen LogP contribution in [0.2, 0.25) is 0 Å². The summed E-state index contributed by atoms with van der Waals surface area (Å²) in [6, 6.07) is -0.732. The second-order valence-corrected chi connectivity index (χ2v) is 13.5. The number of hydrogen-bond acceptors (Lipinski definition) is 15. The number of methoxy groups -OCH3 is 1. The topological polar surface area (TPSA) is 252 Å². The Balaban J connectivity index is 0.000000541. The van der Waals surface area contributed by atoms with Crippen molar-refractivity contribution in [2.24, 2.45) is 5.92 Å². The van der Waals surface area contributed by atoms with Gasteiger partial charge in [-0.05, 0) is 27.2 Å². The first kappa shape index (κ1) is 34.2. The van der Waals surface area contributed by atoms with Crippen molar-refractivity contribution in [3.63, 3.8) is 0 Å². The highest BCUT2D eigenvalue weighted by Crippen LogP contribution is 2.56. The van der Waals surface area contributed by atoms with Crippen LogP contribution in [-0.4, -0.2) is 100 Å². The van der Waals surface area contributed by atoms with Crippen LogP contribution >= 0.6 is 15.6 Å². The summed E-state index contributed by atoms with van der Waals surface area (Å²) in [7, 11) is -9.61. The van der Waals surface area contributed by atoms with Gasteiger partial charge in [0.2, 0.25) is 12.0 Å². The van der Waals surface area contributed by atoms with Gasteiger partial charge in [-0.25, -0.2) is 13.9 Å². The highest BCUT2D eigenvalue weighted by atomic mass is 31.3. The molecule has 6 rings (SSSR count). The second-order valence-electron chi connectivity index (χ2n) is 10.5. The zero-order valence-electron chi connectivity index (χ0n) is 24.3. The molecular weight excluding hydrogens is 614 g/mol. The predicted octanol–water partition coefficient (Wildman–Crippen LogP) is -3.21. The van der Waals surface area contributed by atoms with Gasteiger partial charge in [0.25, 0.3) is 21.5 Å². The number of nitrogens with two attached hydrogens (primary N) is 1. The van der Waals surface area contributed by atoms with E-state index in [-0.39, 0.29) is 23.4 Å². The third-order valence-corrected chi connectivity index (χ3v) is 10.6. The van der Waals surface area contributed by atoms with Gasteiger partial charge in [-0.1, -0.05) is 4.98 Å². The van der Waals surface area contributed by atoms with Crippen LogP contribution in [0, 0.1) is 5.92 Å². The maximum absolute atomic E-state index is 12.2. The number of aliphatic hydroxyl groups excluding tert-OH is 3. The average molecular weight is 655 g/mol. The summed E-state index contributed by atoms with van der Waals surface area (Å²) in [5, 5.41) is 31.8. The smallest absolute Gasteiger partial charge is 0.274 e. The molecule has 20 heteroatoms. The lowest BCUT2D eigenvalue weighted by molar-refractivity contribution is -0.894. The molecule has 18 nitrogen and oxygen atoms in total. The highest BCUT2D eigenvalue weighted by molar-refractivity contribution is 7.59. The van der Waals surface area contributed by atoms with Gasteiger partial charge in [-0.2, -0.15) is 0 Å². The van der Waals surface area contributed by atoms with Crippen molar-refractivity contribution >= 4 is 32.6 Å². The number of phosphoric ester groups is 2. The molecule has 0 spiro atoms. The molecule has 1 saturated heterocycles. The van der Waals surface area contributed by atoms with Crippen molar-refractivity contribution in [3.05, 3.63) is 12.7 Å². The fourth-order valence-electron chi connectivity index (χ4n) is 5.64. The van der Waals surface area contributed by atoms with Crippen molar-refractivity contribution in [1.29, 1.82) is 0 Å². The minimum atomic E-state index is -5.49. The molecule has 10 atom stereocenters. The van der Waals surface area contributed by atoms with Crippen molar-refractivity contribution in [1.82, 2.24) is 14.5 Å². The van der Waals surface area contributed by atoms with Gasteiger partial charge in [0.15, 0.2) is 11.7 Å². The largest absolute Gasteiger partial charge is 0.756 e. The number of phosphoric acid groups is 2. The van der Waals surface area contributed by atoms with Gasteiger partial charge in [0.1, 0.15) is 36.8 Å². The molecule has 5 heterocycles. The van der Waals surface area contributed by atoms with E-state index < -0.39 is 77.6 Å². The van der Waals surface area contributed by atoms with E-state index in [0.29, 0.717) is 0 Å². The van der Waals surface area contributed by atoms with E-state index in [1.54, 1.807) is 4.90 Å². The Morgan fingerprint density at radius 1 is 1.07 bits per heavy atom. The lowest BCUT2D eigenvalue weighted by atomic mass is 10.1. The number of quaternary nitrogens is 1. The van der Waals surface area contributed by atoms with Gasteiger partial charge in [-0.3, -0.25) is 13.7 Å². The van der Waals surface area contributed by atoms with Crippen molar-refractivity contribution in [3.8, 4) is 0 Å². The lowest BCUT2D eigenvalue weighted by Crippen LogP contribution is -3.11. The second kappa shape index (κ2) is 13.8. The summed E-state index contributed by atoms with van der Waals surface area (Å²) in [6.45, 7) is 9.04. The Morgan fingerprint density at radius 2 is 1.70 bits per heavy atom. The fourth-order valence-corrected chi connectivity index (χ4v) is 7.70. The molecule has 8 bridgehead atoms. The van der Waals surface area contributed by atoms with E-state index in [1.165, 1.54) is 48.5 Å². The van der Waals surface area contributed by atoms with Crippen LogP contribution in [0.4, 0.5) is 5.82 Å². The molecule has 2 unspecified atom stereocenters. The van der Waals surface area contributed by atoms with E-state index in [2.05, 4.69) is 39.6 Å². The molecule has 244 valence electrons. The molecule has 3 aliphatic heterocycles. The maximum Gasteiger partial charge on any atom is 0.274 e. The van der Waals surface area contributed by atoms with Crippen LogP contribution in [0.1, 0.15) is 39.5 Å². The Bertz CT molecular complexity index is 1340. The first-order chi connectivity index (χ1) is 20.3. The van der Waals surface area contributed by atoms with Crippen LogP contribution in [-0.2, 0) is 32.0 Å². The molecule has 0 amide bonds. The number of hydrogen-bond donors (Lipinski definition) is 5. The average Bonchev–Trinajstić information content (AvgIpc) is 3.61. The molecule has 2 aromatic rings. The van der Waals surface area contributed by atoms with Crippen molar-refractivity contribution in [2.75, 3.05) is 45.7 Å². The zero-order chi connectivity index (χ0) is 31.7. The Morgan fingerprint density at radius 3 is 2.28 bits per heavy atom. The van der Waals surface area contributed by atoms with Crippen LogP contribution in [0.25, 0.3) is 11.2 Å². The predicted molar refractivity (Wildman–Crippen MR) is 143 cm³/mol. The number of imidazole rings is 1. The molecule has 43 heavy (non-hydrogen) atoms. The SMILES string of the molecule is CC[NH+](CC)CC.CO[C@H]1[C@H]2COP(=O)([O-])OP(=O)([O-])OC[C@H]3O[C@H]([C@H](O)[C@@H]3O)n3cnc4c(N)[n+](cnc43)[C@H](C2)[C@@H]1O. The molecule has 6 N–H and O–H groups in total. The first-order valence-corrected chi connectivity index (χ1v) is 16.9. The third-order valence-electron chi connectivity index (χ3n) is 8.12. The molecule has 2 fully saturated rings. The van der Waals surface area contributed by atoms with Gasteiger partial charge in [0.05, 0.1) is 39.0 Å². The summed E-state index contributed by atoms with van der Waals surface area (Å²) < 4.78 is 51.4. The minimum Gasteiger partial charge on any atom is -0.756 e. The first-order valence-electron chi connectivity index (χ1n) is 14.0. The number of nitrogens with one attached hydrogen (secondary N) is 1. The molecule has 0 aromatic carbocycles. The number of fused-ring (bicyclic) bond motifs is 7. The lowest BCUT2D eigenvalue weighted by Gasteiger charge is -2.32. The van der Waals surface area contributed by atoms with E-state index in [0.717, 1.165) is 0 Å². The van der Waals surface area contributed by atoms with E-state index in [9.17, 15) is 34.2 Å². The number of ether oxygens (including phenoxy) is 2. The Labute approximate surface area is 248 Å². The summed E-state index contributed by atoms with van der Waals surface area (Å²) in [6.07, 6.45) is -5.17. The maximum atomic E-state index is 12.2. The fraction of sp³-hybridized carbons (Fsp3) is 0.783. The van der Waals surface area contributed by atoms with Crippen molar-refractivity contribution in [2.45, 2.75) is 70.0 Å². The highest BCUT2D eigenvalue weighted by Gasteiger charge is 2.48. The van der Waals surface area contributed by atoms with Crippen LogP contribution in [0.3, 0.4) is 0 Å². The van der Waals surface area contributed by atoms with Gasteiger partial charge in [-0.15, -0.1) is 0 Å². The number of aliphatic hydroxyl groups is 3.